The predicted molar refractivity (Wildman–Crippen MR) is 9.99 cm³/mol. The molecular weight excluding hydrogens is 237 g/mol. The summed E-state index contributed by atoms with van der Waals surface area (Å²) in [5.41, 5.74) is 0. The topological polar surface area (TPSA) is 58.8 Å². The molecule has 0 heterocycles. The minimum absolute atomic E-state index is 0. The van der Waals surface area contributed by atoms with E-state index in [4.69, 9.17) is 11.8 Å². The third kappa shape index (κ3) is 85.7. The largest absolute Gasteiger partial charge is 1.00 e. The molecule has 28 valence electrons. The summed E-state index contributed by atoms with van der Waals surface area (Å²) in [4.78, 5) is 0. The van der Waals surface area contributed by atoms with E-state index in [0.29, 0.717) is 0 Å². The summed E-state index contributed by atoms with van der Waals surface area (Å²) < 4.78 is 0. The standard InChI is InChI=1S/CN.Au.H3N/c1-2;;/h;;1H3/q-1;+1;. The normalized spacial score (nSPS) is 0.500. The van der Waals surface area contributed by atoms with E-state index >= 15 is 0 Å². The summed E-state index contributed by atoms with van der Waals surface area (Å²) in [5, 5.41) is 6.25. The van der Waals surface area contributed by atoms with Gasteiger partial charge in [-0.2, -0.15) is 0 Å². The summed E-state index contributed by atoms with van der Waals surface area (Å²) >= 11 is 0. The molecule has 0 aliphatic heterocycles. The molecule has 2 nitrogen and oxygen atoms in total. The zero-order valence-electron chi connectivity index (χ0n) is 1.96. The van der Waals surface area contributed by atoms with E-state index in [0.717, 1.165) is 0 Å². The minimum Gasteiger partial charge on any atom is -0.512 e. The molecule has 0 rings (SSSR count). The maximum atomic E-state index is 6.25. The second-order valence-electron chi connectivity index (χ2n) is 0. The second-order valence-corrected chi connectivity index (χ2v) is 0. The Morgan fingerprint density at radius 1 is 1.25 bits per heavy atom. The minimum atomic E-state index is 0. The van der Waals surface area contributed by atoms with Crippen molar-refractivity contribution < 1.29 is 22.4 Å². The quantitative estimate of drug-likeness (QED) is 0.487. The SMILES string of the molecule is N.[Au+].[C-]#N. The summed E-state index contributed by atoms with van der Waals surface area (Å²) in [5.74, 6) is 0. The third-order valence-electron chi connectivity index (χ3n) is 0. The van der Waals surface area contributed by atoms with Crippen LogP contribution < -0.4 is 6.15 Å². The average Bonchev–Trinajstić information content (AvgIpc) is 1.00. The summed E-state index contributed by atoms with van der Waals surface area (Å²) in [6.07, 6.45) is 0. The fourth-order valence-electron chi connectivity index (χ4n) is 0. The van der Waals surface area contributed by atoms with E-state index in [1.54, 1.807) is 0 Å². The molecule has 4 heavy (non-hydrogen) atoms. The zero-order valence-corrected chi connectivity index (χ0v) is 4.12. The van der Waals surface area contributed by atoms with Gasteiger partial charge in [0.1, 0.15) is 0 Å². The molecule has 3 N–H and O–H groups in total. The Labute approximate surface area is 40.9 Å². The van der Waals surface area contributed by atoms with Crippen molar-refractivity contribution in [3.05, 3.63) is 6.57 Å². The first kappa shape index (κ1) is 30.1. The van der Waals surface area contributed by atoms with Crippen molar-refractivity contribution in [1.29, 1.82) is 5.26 Å². The smallest absolute Gasteiger partial charge is 0.512 e. The van der Waals surface area contributed by atoms with Gasteiger partial charge >= 0.3 is 22.4 Å². The van der Waals surface area contributed by atoms with Crippen LogP contribution in [-0.2, 0) is 22.4 Å². The van der Waals surface area contributed by atoms with E-state index in [2.05, 4.69) is 0 Å². The molecule has 0 aromatic carbocycles. The first-order chi connectivity index (χ1) is 1.00. The van der Waals surface area contributed by atoms with Crippen LogP contribution in [0.25, 0.3) is 0 Å². The van der Waals surface area contributed by atoms with Gasteiger partial charge in [-0.3, -0.25) is 0 Å². The molecule has 0 atom stereocenters. The first-order valence-corrected chi connectivity index (χ1v) is 0.224. The van der Waals surface area contributed by atoms with Crippen molar-refractivity contribution in [2.75, 3.05) is 0 Å². The van der Waals surface area contributed by atoms with Crippen LogP contribution in [0.4, 0.5) is 0 Å². The first-order valence-electron chi connectivity index (χ1n) is 0.224. The van der Waals surface area contributed by atoms with Gasteiger partial charge in [-0.05, 0) is 0 Å². The molecule has 0 aliphatic rings. The molecule has 0 fully saturated rings. The van der Waals surface area contributed by atoms with Crippen molar-refractivity contribution in [3.63, 3.8) is 0 Å². The monoisotopic (exact) mass is 240 g/mol. The molecular formula is CH3AuN2. The summed E-state index contributed by atoms with van der Waals surface area (Å²) in [7, 11) is 0. The molecule has 0 saturated heterocycles. The van der Waals surface area contributed by atoms with Gasteiger partial charge < -0.3 is 18.0 Å². The molecule has 0 saturated carbocycles. The fourth-order valence-corrected chi connectivity index (χ4v) is 0. The van der Waals surface area contributed by atoms with Gasteiger partial charge in [-0.1, -0.05) is 0 Å². The Morgan fingerprint density at radius 2 is 1.25 bits per heavy atom. The van der Waals surface area contributed by atoms with Gasteiger partial charge in [0.2, 0.25) is 0 Å². The number of hydrogen-bond acceptors (Lipinski definition) is 2. The molecule has 0 amide bonds. The van der Waals surface area contributed by atoms with Crippen molar-refractivity contribution in [3.8, 4) is 0 Å². The fraction of sp³-hybridized carbons (Fsp3) is 0. The Balaban J connectivity index is -0.00000000500. The van der Waals surface area contributed by atoms with E-state index < -0.39 is 0 Å². The van der Waals surface area contributed by atoms with Crippen LogP contribution in [0.15, 0.2) is 0 Å². The van der Waals surface area contributed by atoms with Crippen molar-refractivity contribution >= 4 is 0 Å². The Morgan fingerprint density at radius 3 is 1.25 bits per heavy atom. The van der Waals surface area contributed by atoms with Crippen LogP contribution in [0, 0.1) is 11.8 Å². The van der Waals surface area contributed by atoms with Crippen LogP contribution in [0.2, 0.25) is 0 Å². The average molecular weight is 240 g/mol. The Bertz CT molecular complexity index is 10.8. The van der Waals surface area contributed by atoms with Gasteiger partial charge in [0, 0.05) is 0 Å². The molecule has 0 bridgehead atoms. The van der Waals surface area contributed by atoms with E-state index in [9.17, 15) is 0 Å². The van der Waals surface area contributed by atoms with Gasteiger partial charge in [0.05, 0.1) is 0 Å². The van der Waals surface area contributed by atoms with Crippen molar-refractivity contribution in [2.24, 2.45) is 0 Å². The van der Waals surface area contributed by atoms with Crippen LogP contribution in [0.1, 0.15) is 0 Å². The maximum absolute atomic E-state index is 6.25. The van der Waals surface area contributed by atoms with E-state index in [1.807, 2.05) is 0 Å². The maximum Gasteiger partial charge on any atom is 1.00 e. The Hall–Kier alpha value is 0.190. The van der Waals surface area contributed by atoms with Crippen LogP contribution in [-0.4, -0.2) is 0 Å². The molecule has 0 spiro atoms. The molecule has 0 aromatic heterocycles. The van der Waals surface area contributed by atoms with Crippen LogP contribution >= 0.6 is 0 Å². The van der Waals surface area contributed by atoms with Gasteiger partial charge in [-0.25, -0.2) is 0 Å². The molecule has 0 radical (unpaired) electrons. The Kier molecular flexibility index (Phi) is 3180. The van der Waals surface area contributed by atoms with Crippen LogP contribution in [0.5, 0.6) is 0 Å². The third-order valence-corrected chi connectivity index (χ3v) is 0. The molecule has 0 aliphatic carbocycles. The predicted octanol–water partition coefficient (Wildman–Crippen LogP) is 0.256. The van der Waals surface area contributed by atoms with Gasteiger partial charge in [-0.15, -0.1) is 0 Å². The van der Waals surface area contributed by atoms with E-state index in [1.165, 1.54) is 0 Å². The molecule has 0 aromatic rings. The summed E-state index contributed by atoms with van der Waals surface area (Å²) in [6, 6.07) is 0. The molecule has 0 unspecified atom stereocenters. The van der Waals surface area contributed by atoms with Crippen molar-refractivity contribution in [2.45, 2.75) is 0 Å². The van der Waals surface area contributed by atoms with Crippen molar-refractivity contribution in [1.82, 2.24) is 6.15 Å². The summed E-state index contributed by atoms with van der Waals surface area (Å²) in [6.45, 7) is 4.75. The number of rotatable bonds is 0. The van der Waals surface area contributed by atoms with Gasteiger partial charge in [0.15, 0.2) is 0 Å². The van der Waals surface area contributed by atoms with Crippen LogP contribution in [0.3, 0.4) is 0 Å². The molecule has 3 heteroatoms. The van der Waals surface area contributed by atoms with E-state index in [-0.39, 0.29) is 28.5 Å². The van der Waals surface area contributed by atoms with Gasteiger partial charge in [0.25, 0.3) is 0 Å². The number of nitrogens with zero attached hydrogens (tertiary/aromatic N) is 1. The second kappa shape index (κ2) is 423. The number of hydrogen-bond donors (Lipinski definition) is 1. The zero-order chi connectivity index (χ0) is 2.00.